The Morgan fingerprint density at radius 1 is 1.33 bits per heavy atom. The highest BCUT2D eigenvalue weighted by Crippen LogP contribution is 2.25. The summed E-state index contributed by atoms with van der Waals surface area (Å²) >= 11 is 0. The molecule has 27 heavy (non-hydrogen) atoms. The van der Waals surface area contributed by atoms with Gasteiger partial charge in [-0.25, -0.2) is 4.79 Å². The molecule has 0 aliphatic carbocycles. The lowest BCUT2D eigenvalue weighted by atomic mass is 9.97. The molecular weight excluding hydrogens is 352 g/mol. The monoisotopic (exact) mass is 378 g/mol. The smallest absolute Gasteiger partial charge is 0.319 e. The van der Waals surface area contributed by atoms with Gasteiger partial charge in [0.05, 0.1) is 36.0 Å². The number of hydrogen-bond acceptors (Lipinski definition) is 6. The lowest BCUT2D eigenvalue weighted by Gasteiger charge is -2.37. The van der Waals surface area contributed by atoms with Crippen molar-refractivity contribution in [2.24, 2.45) is 5.92 Å². The minimum Gasteiger partial charge on any atom is -0.381 e. The molecule has 0 saturated carbocycles. The average molecular weight is 378 g/mol. The van der Waals surface area contributed by atoms with Crippen molar-refractivity contribution in [1.29, 1.82) is 0 Å². The number of hydrogen-bond donors (Lipinski definition) is 2. The summed E-state index contributed by atoms with van der Waals surface area (Å²) in [7, 11) is 0. The van der Waals surface area contributed by atoms with Crippen molar-refractivity contribution in [3.8, 4) is 0 Å². The first-order valence-corrected chi connectivity index (χ1v) is 9.24. The fourth-order valence-corrected chi connectivity index (χ4v) is 3.68. The van der Waals surface area contributed by atoms with Crippen molar-refractivity contribution in [1.82, 2.24) is 10.2 Å². The van der Waals surface area contributed by atoms with Crippen molar-refractivity contribution in [3.63, 3.8) is 0 Å². The van der Waals surface area contributed by atoms with Crippen LogP contribution in [0.5, 0.6) is 0 Å². The van der Waals surface area contributed by atoms with E-state index in [1.807, 2.05) is 0 Å². The molecule has 2 N–H and O–H groups in total. The van der Waals surface area contributed by atoms with Crippen molar-refractivity contribution in [3.05, 3.63) is 33.9 Å². The van der Waals surface area contributed by atoms with Gasteiger partial charge in [0.2, 0.25) is 0 Å². The topological polar surface area (TPSA) is 106 Å². The maximum Gasteiger partial charge on any atom is 0.319 e. The Bertz CT molecular complexity index is 672. The molecule has 9 heteroatoms. The maximum absolute atomic E-state index is 12.4. The second kappa shape index (κ2) is 9.12. The second-order valence-electron chi connectivity index (χ2n) is 6.88. The third kappa shape index (κ3) is 4.94. The zero-order valence-corrected chi connectivity index (χ0v) is 15.5. The van der Waals surface area contributed by atoms with E-state index in [0.717, 1.165) is 26.1 Å². The summed E-state index contributed by atoms with van der Waals surface area (Å²) in [5.74, 6) is 0.378. The van der Waals surface area contributed by atoms with E-state index in [9.17, 15) is 14.9 Å². The Kier molecular flexibility index (Phi) is 6.59. The van der Waals surface area contributed by atoms with Crippen LogP contribution in [0.4, 0.5) is 16.2 Å². The number of nitro groups is 1. The number of anilines is 1. The number of nitrogens with zero attached hydrogens (tertiary/aromatic N) is 2. The SMILES string of the molecule is Cc1c(NC(=O)NC[C@@H]([C@@H]2CCOC2)N2CCOCC2)cccc1[N+](=O)[O-]. The summed E-state index contributed by atoms with van der Waals surface area (Å²) in [5, 5.41) is 16.7. The first-order chi connectivity index (χ1) is 13.1. The van der Waals surface area contributed by atoms with Crippen LogP contribution in [-0.2, 0) is 9.47 Å². The number of ether oxygens (including phenoxy) is 2. The maximum atomic E-state index is 12.4. The van der Waals surface area contributed by atoms with Crippen molar-refractivity contribution in [2.75, 3.05) is 51.4 Å². The summed E-state index contributed by atoms with van der Waals surface area (Å²) in [5.41, 5.74) is 0.863. The molecule has 1 aromatic carbocycles. The van der Waals surface area contributed by atoms with Gasteiger partial charge < -0.3 is 20.1 Å². The fraction of sp³-hybridized carbons (Fsp3) is 0.611. The highest BCUT2D eigenvalue weighted by Gasteiger charge is 2.31. The van der Waals surface area contributed by atoms with Gasteiger partial charge in [0, 0.05) is 44.3 Å². The lowest BCUT2D eigenvalue weighted by Crippen LogP contribution is -2.52. The van der Waals surface area contributed by atoms with E-state index in [2.05, 4.69) is 15.5 Å². The number of urea groups is 1. The van der Waals surface area contributed by atoms with Crippen molar-refractivity contribution < 1.29 is 19.2 Å². The highest BCUT2D eigenvalue weighted by molar-refractivity contribution is 5.90. The zero-order chi connectivity index (χ0) is 19.2. The summed E-state index contributed by atoms with van der Waals surface area (Å²) in [6.45, 7) is 6.66. The van der Waals surface area contributed by atoms with Crippen LogP contribution >= 0.6 is 0 Å². The largest absolute Gasteiger partial charge is 0.381 e. The van der Waals surface area contributed by atoms with E-state index in [1.165, 1.54) is 6.07 Å². The summed E-state index contributed by atoms with van der Waals surface area (Å²) in [6.07, 6.45) is 0.981. The van der Waals surface area contributed by atoms with Crippen molar-refractivity contribution >= 4 is 17.4 Å². The number of nitro benzene ring substituents is 1. The van der Waals surface area contributed by atoms with Gasteiger partial charge in [-0.15, -0.1) is 0 Å². The van der Waals surface area contributed by atoms with Crippen LogP contribution in [0.15, 0.2) is 18.2 Å². The predicted octanol–water partition coefficient (Wildman–Crippen LogP) is 1.76. The van der Waals surface area contributed by atoms with Crippen LogP contribution in [0.3, 0.4) is 0 Å². The highest BCUT2D eigenvalue weighted by atomic mass is 16.6. The molecule has 3 rings (SSSR count). The Morgan fingerprint density at radius 3 is 2.78 bits per heavy atom. The molecular formula is C18H26N4O5. The molecule has 0 radical (unpaired) electrons. The summed E-state index contributed by atoms with van der Waals surface area (Å²) in [6, 6.07) is 4.47. The Labute approximate surface area is 158 Å². The number of benzene rings is 1. The summed E-state index contributed by atoms with van der Waals surface area (Å²) < 4.78 is 11.0. The Balaban J connectivity index is 1.60. The third-order valence-corrected chi connectivity index (χ3v) is 5.25. The van der Waals surface area contributed by atoms with Crippen LogP contribution in [0, 0.1) is 23.0 Å². The molecule has 0 bridgehead atoms. The molecule has 2 saturated heterocycles. The van der Waals surface area contributed by atoms with E-state index in [4.69, 9.17) is 9.47 Å². The van der Waals surface area contributed by atoms with Gasteiger partial charge in [-0.3, -0.25) is 15.0 Å². The molecule has 2 aliphatic heterocycles. The number of amides is 2. The predicted molar refractivity (Wildman–Crippen MR) is 100.0 cm³/mol. The van der Waals surface area contributed by atoms with Gasteiger partial charge >= 0.3 is 6.03 Å². The third-order valence-electron chi connectivity index (χ3n) is 5.25. The molecule has 148 valence electrons. The molecule has 2 fully saturated rings. The molecule has 2 heterocycles. The van der Waals surface area contributed by atoms with Gasteiger partial charge in [0.25, 0.3) is 5.69 Å². The van der Waals surface area contributed by atoms with Gasteiger partial charge in [0.15, 0.2) is 0 Å². The number of nitrogens with one attached hydrogen (secondary N) is 2. The van der Waals surface area contributed by atoms with E-state index in [1.54, 1.807) is 19.1 Å². The van der Waals surface area contributed by atoms with Crippen LogP contribution < -0.4 is 10.6 Å². The lowest BCUT2D eigenvalue weighted by molar-refractivity contribution is -0.385. The van der Waals surface area contributed by atoms with Crippen LogP contribution in [0.2, 0.25) is 0 Å². The van der Waals surface area contributed by atoms with Crippen LogP contribution in [-0.4, -0.2) is 68.0 Å². The number of morpholine rings is 1. The first-order valence-electron chi connectivity index (χ1n) is 9.24. The standard InChI is InChI=1S/C18H26N4O5/c1-13-15(3-2-4-16(13)22(24)25)20-18(23)19-11-17(14-5-8-27-12-14)21-6-9-26-10-7-21/h2-4,14,17H,5-12H2,1H3,(H2,19,20,23)/t14-,17+/m1/s1. The van der Waals surface area contributed by atoms with Gasteiger partial charge in [-0.1, -0.05) is 6.07 Å². The van der Waals surface area contributed by atoms with Crippen LogP contribution in [0.25, 0.3) is 0 Å². The van der Waals surface area contributed by atoms with Crippen molar-refractivity contribution in [2.45, 2.75) is 19.4 Å². The number of carbonyl (C=O) groups is 1. The molecule has 0 aromatic heterocycles. The quantitative estimate of drug-likeness (QED) is 0.577. The van der Waals surface area contributed by atoms with E-state index >= 15 is 0 Å². The minimum absolute atomic E-state index is 0.0119. The van der Waals surface area contributed by atoms with E-state index in [0.29, 0.717) is 43.5 Å². The fourth-order valence-electron chi connectivity index (χ4n) is 3.68. The molecule has 2 aliphatic rings. The van der Waals surface area contributed by atoms with Gasteiger partial charge in [-0.05, 0) is 19.4 Å². The Hall–Kier alpha value is -2.23. The Morgan fingerprint density at radius 2 is 2.11 bits per heavy atom. The molecule has 2 atom stereocenters. The first kappa shape index (κ1) is 19.5. The van der Waals surface area contributed by atoms with Crippen LogP contribution in [0.1, 0.15) is 12.0 Å². The molecule has 1 aromatic rings. The molecule has 9 nitrogen and oxygen atoms in total. The second-order valence-corrected chi connectivity index (χ2v) is 6.88. The zero-order valence-electron chi connectivity index (χ0n) is 15.5. The summed E-state index contributed by atoms with van der Waals surface area (Å²) in [4.78, 5) is 25.3. The number of rotatable bonds is 6. The number of carbonyl (C=O) groups excluding carboxylic acids is 1. The van der Waals surface area contributed by atoms with Gasteiger partial charge in [-0.2, -0.15) is 0 Å². The molecule has 2 amide bonds. The van der Waals surface area contributed by atoms with E-state index in [-0.39, 0.29) is 17.8 Å². The average Bonchev–Trinajstić information content (AvgIpc) is 3.19. The molecule has 0 unspecified atom stereocenters. The minimum atomic E-state index is -0.451. The van der Waals surface area contributed by atoms with Gasteiger partial charge in [0.1, 0.15) is 0 Å². The normalized spacial score (nSPS) is 21.6. The van der Waals surface area contributed by atoms with E-state index < -0.39 is 4.92 Å². The molecule has 0 spiro atoms.